The van der Waals surface area contributed by atoms with Crippen LogP contribution in [0, 0.1) is 0 Å². The second-order valence-electron chi connectivity index (χ2n) is 13.4. The fourth-order valence-corrected chi connectivity index (χ4v) is 6.05. The van der Waals surface area contributed by atoms with Gasteiger partial charge >= 0.3 is 11.9 Å². The molecule has 0 aliphatic carbocycles. The molecule has 1 aromatic rings. The summed E-state index contributed by atoms with van der Waals surface area (Å²) < 4.78 is 10.9. The quantitative estimate of drug-likeness (QED) is 0.0247. The predicted molar refractivity (Wildman–Crippen MR) is 196 cm³/mol. The van der Waals surface area contributed by atoms with Crippen molar-refractivity contribution < 1.29 is 19.1 Å². The van der Waals surface area contributed by atoms with Gasteiger partial charge in [-0.15, -0.1) is 0 Å². The second-order valence-corrected chi connectivity index (χ2v) is 13.4. The molecule has 0 bridgehead atoms. The molecule has 0 N–H and O–H groups in total. The Labute approximate surface area is 288 Å². The van der Waals surface area contributed by atoms with Gasteiger partial charge in [-0.05, 0) is 36.6 Å². The highest BCUT2D eigenvalue weighted by molar-refractivity contribution is 5.96. The highest BCUT2D eigenvalue weighted by atomic mass is 16.5. The van der Waals surface area contributed by atoms with Crippen LogP contribution in [-0.2, 0) is 9.47 Å². The molecule has 1 aromatic carbocycles. The molecule has 7 heteroatoms. The SMILES string of the molecule is CCCCCCCCCCCCCCCCOC(=O)c1cc(N=[N+]=[N-])cc(C(=O)OCCCCCCCCCCCCCCCC)c1. The van der Waals surface area contributed by atoms with Crippen LogP contribution in [0.25, 0.3) is 10.4 Å². The van der Waals surface area contributed by atoms with Crippen LogP contribution < -0.4 is 0 Å². The van der Waals surface area contributed by atoms with Crippen molar-refractivity contribution in [1.29, 1.82) is 0 Å². The van der Waals surface area contributed by atoms with Crippen molar-refractivity contribution in [3.8, 4) is 0 Å². The minimum Gasteiger partial charge on any atom is -0.462 e. The van der Waals surface area contributed by atoms with Crippen LogP contribution in [-0.4, -0.2) is 25.2 Å². The van der Waals surface area contributed by atoms with E-state index < -0.39 is 11.9 Å². The van der Waals surface area contributed by atoms with Crippen LogP contribution in [0.2, 0.25) is 0 Å². The van der Waals surface area contributed by atoms with Gasteiger partial charge in [0.15, 0.2) is 0 Å². The van der Waals surface area contributed by atoms with Crippen molar-refractivity contribution in [3.05, 3.63) is 39.8 Å². The lowest BCUT2D eigenvalue weighted by Gasteiger charge is -2.09. The zero-order chi connectivity index (χ0) is 34.0. The van der Waals surface area contributed by atoms with Crippen molar-refractivity contribution in [1.82, 2.24) is 0 Å². The molecule has 47 heavy (non-hydrogen) atoms. The molecule has 0 aliphatic heterocycles. The van der Waals surface area contributed by atoms with Crippen LogP contribution in [0.4, 0.5) is 5.69 Å². The van der Waals surface area contributed by atoms with Gasteiger partial charge in [0, 0.05) is 10.6 Å². The molecule has 0 aromatic heterocycles. The summed E-state index contributed by atoms with van der Waals surface area (Å²) in [7, 11) is 0. The van der Waals surface area contributed by atoms with Gasteiger partial charge in [-0.2, -0.15) is 0 Å². The van der Waals surface area contributed by atoms with Crippen LogP contribution >= 0.6 is 0 Å². The number of unbranched alkanes of at least 4 members (excludes halogenated alkanes) is 26. The molecule has 0 aliphatic rings. The lowest BCUT2D eigenvalue weighted by molar-refractivity contribution is 0.0496. The molecule has 0 fully saturated rings. The van der Waals surface area contributed by atoms with Crippen molar-refractivity contribution in [2.24, 2.45) is 5.11 Å². The largest absolute Gasteiger partial charge is 0.462 e. The smallest absolute Gasteiger partial charge is 0.338 e. The molecular weight excluding hydrogens is 586 g/mol. The van der Waals surface area contributed by atoms with Crippen LogP contribution in [0.5, 0.6) is 0 Å². The number of azide groups is 1. The summed E-state index contributed by atoms with van der Waals surface area (Å²) >= 11 is 0. The summed E-state index contributed by atoms with van der Waals surface area (Å²) in [6.45, 7) is 5.19. The van der Waals surface area contributed by atoms with Gasteiger partial charge in [0.25, 0.3) is 0 Å². The van der Waals surface area contributed by atoms with Gasteiger partial charge in [-0.3, -0.25) is 0 Å². The van der Waals surface area contributed by atoms with Gasteiger partial charge in [0.2, 0.25) is 0 Å². The van der Waals surface area contributed by atoms with E-state index >= 15 is 0 Å². The first-order valence-corrected chi connectivity index (χ1v) is 19.7. The van der Waals surface area contributed by atoms with Crippen molar-refractivity contribution in [3.63, 3.8) is 0 Å². The number of carbonyl (C=O) groups excluding carboxylic acids is 2. The first kappa shape index (κ1) is 42.5. The van der Waals surface area contributed by atoms with E-state index in [0.717, 1.165) is 38.5 Å². The third-order valence-electron chi connectivity index (χ3n) is 9.01. The van der Waals surface area contributed by atoms with Gasteiger partial charge in [0.1, 0.15) is 0 Å². The first-order chi connectivity index (χ1) is 23.1. The molecule has 1 rings (SSSR count). The molecule has 0 heterocycles. The molecule has 7 nitrogen and oxygen atoms in total. The van der Waals surface area contributed by atoms with Crippen molar-refractivity contribution in [2.45, 2.75) is 194 Å². The number of hydrogen-bond acceptors (Lipinski definition) is 5. The topological polar surface area (TPSA) is 101 Å². The van der Waals surface area contributed by atoms with E-state index in [2.05, 4.69) is 23.9 Å². The molecule has 0 saturated carbocycles. The van der Waals surface area contributed by atoms with Gasteiger partial charge in [-0.1, -0.05) is 186 Å². The maximum atomic E-state index is 12.7. The molecule has 268 valence electrons. The standard InChI is InChI=1S/C40H69N3O4/c1-3-5-7-9-11-13-15-17-19-21-23-25-27-29-31-46-39(44)36-33-37(35-38(34-36)42-43-41)40(45)47-32-30-28-26-24-22-20-18-16-14-12-10-8-6-4-2/h33-35H,3-32H2,1-2H3. The predicted octanol–water partition coefficient (Wildman–Crippen LogP) is 13.9. The lowest BCUT2D eigenvalue weighted by Crippen LogP contribution is -2.10. The Balaban J connectivity index is 2.18. The Morgan fingerprint density at radius 1 is 0.489 bits per heavy atom. The molecule has 0 radical (unpaired) electrons. The molecular formula is C40H69N3O4. The Morgan fingerprint density at radius 2 is 0.766 bits per heavy atom. The van der Waals surface area contributed by atoms with Crippen LogP contribution in [0.15, 0.2) is 23.3 Å². The molecule has 0 amide bonds. The third-order valence-corrected chi connectivity index (χ3v) is 9.01. The zero-order valence-electron chi connectivity index (χ0n) is 30.4. The Kier molecular flexibility index (Phi) is 29.0. The minimum atomic E-state index is -0.518. The second kappa shape index (κ2) is 32.0. The average Bonchev–Trinajstić information content (AvgIpc) is 3.08. The van der Waals surface area contributed by atoms with E-state index in [9.17, 15) is 9.59 Å². The van der Waals surface area contributed by atoms with Gasteiger partial charge < -0.3 is 9.47 Å². The number of esters is 2. The van der Waals surface area contributed by atoms with Crippen LogP contribution in [0.3, 0.4) is 0 Å². The van der Waals surface area contributed by atoms with E-state index in [4.69, 9.17) is 15.0 Å². The Morgan fingerprint density at radius 3 is 1.04 bits per heavy atom. The number of rotatable bonds is 33. The average molecular weight is 656 g/mol. The number of nitrogens with zero attached hydrogens (tertiary/aromatic N) is 3. The normalized spacial score (nSPS) is 10.9. The summed E-state index contributed by atoms with van der Waals surface area (Å²) in [4.78, 5) is 28.2. The molecule has 0 atom stereocenters. The van der Waals surface area contributed by atoms with E-state index in [1.54, 1.807) is 0 Å². The van der Waals surface area contributed by atoms with Gasteiger partial charge in [-0.25, -0.2) is 9.59 Å². The summed E-state index contributed by atoms with van der Waals surface area (Å²) in [5.74, 6) is -1.04. The van der Waals surface area contributed by atoms with E-state index in [0.29, 0.717) is 13.2 Å². The highest BCUT2D eigenvalue weighted by Gasteiger charge is 2.15. The minimum absolute atomic E-state index is 0.196. The Hall–Kier alpha value is -2.53. The third kappa shape index (κ3) is 25.2. The van der Waals surface area contributed by atoms with E-state index in [1.807, 2.05) is 0 Å². The maximum Gasteiger partial charge on any atom is 0.338 e. The van der Waals surface area contributed by atoms with E-state index in [-0.39, 0.29) is 16.8 Å². The zero-order valence-corrected chi connectivity index (χ0v) is 30.4. The van der Waals surface area contributed by atoms with E-state index in [1.165, 1.54) is 159 Å². The highest BCUT2D eigenvalue weighted by Crippen LogP contribution is 2.21. The number of hydrogen-bond donors (Lipinski definition) is 0. The molecule has 0 spiro atoms. The summed E-state index contributed by atoms with van der Waals surface area (Å²) in [5.41, 5.74) is 9.50. The van der Waals surface area contributed by atoms with Crippen molar-refractivity contribution >= 4 is 17.6 Å². The fraction of sp³-hybridized carbons (Fsp3) is 0.800. The summed E-state index contributed by atoms with van der Waals surface area (Å²) in [5, 5.41) is 3.61. The van der Waals surface area contributed by atoms with Crippen LogP contribution in [0.1, 0.15) is 214 Å². The fourth-order valence-electron chi connectivity index (χ4n) is 6.05. The number of ether oxygens (including phenoxy) is 2. The first-order valence-electron chi connectivity index (χ1n) is 19.7. The monoisotopic (exact) mass is 656 g/mol. The number of carbonyl (C=O) groups is 2. The summed E-state index contributed by atoms with van der Waals surface area (Å²) in [6, 6.07) is 4.38. The Bertz CT molecular complexity index is 897. The molecule has 0 unspecified atom stereocenters. The lowest BCUT2D eigenvalue weighted by atomic mass is 10.0. The van der Waals surface area contributed by atoms with Gasteiger partial charge in [0.05, 0.1) is 24.3 Å². The van der Waals surface area contributed by atoms with Crippen molar-refractivity contribution in [2.75, 3.05) is 13.2 Å². The summed E-state index contributed by atoms with van der Waals surface area (Å²) in [6.07, 6.45) is 35.5. The maximum absolute atomic E-state index is 12.7. The number of benzene rings is 1. The molecule has 0 saturated heterocycles.